The number of rotatable bonds is 3. The first-order valence-corrected chi connectivity index (χ1v) is 5.85. The van der Waals surface area contributed by atoms with Crippen LogP contribution in [0.25, 0.3) is 10.3 Å². The van der Waals surface area contributed by atoms with Crippen molar-refractivity contribution in [1.29, 1.82) is 0 Å². The molecular formula is C11H13NO3S. The maximum atomic E-state index is 11.8. The Morgan fingerprint density at radius 1 is 1.56 bits per heavy atom. The lowest BCUT2D eigenvalue weighted by Crippen LogP contribution is -2.22. The Morgan fingerprint density at radius 2 is 2.31 bits per heavy atom. The van der Waals surface area contributed by atoms with E-state index in [9.17, 15) is 4.79 Å². The van der Waals surface area contributed by atoms with Crippen molar-refractivity contribution < 1.29 is 9.52 Å². The van der Waals surface area contributed by atoms with Crippen LogP contribution >= 0.6 is 11.3 Å². The smallest absolute Gasteiger partial charge is 0.204 e. The van der Waals surface area contributed by atoms with Crippen molar-refractivity contribution in [3.8, 4) is 0 Å². The van der Waals surface area contributed by atoms with Crippen LogP contribution in [0.1, 0.15) is 5.56 Å². The maximum absolute atomic E-state index is 11.8. The Balaban J connectivity index is 2.56. The van der Waals surface area contributed by atoms with Gasteiger partial charge in [0.05, 0.1) is 6.61 Å². The fourth-order valence-corrected chi connectivity index (χ4v) is 2.38. The van der Waals surface area contributed by atoms with E-state index >= 15 is 0 Å². The number of fused-ring (bicyclic) bond motifs is 1. The molecule has 0 atom stereocenters. The van der Waals surface area contributed by atoms with Crippen molar-refractivity contribution in [2.45, 2.75) is 6.92 Å². The lowest BCUT2D eigenvalue weighted by molar-refractivity contribution is 0.302. The second-order valence-corrected chi connectivity index (χ2v) is 4.55. The second kappa shape index (κ2) is 4.27. The van der Waals surface area contributed by atoms with Gasteiger partial charge in [0.1, 0.15) is 4.70 Å². The average molecular weight is 239 g/mol. The van der Waals surface area contributed by atoms with Crippen LogP contribution < -0.4 is 10.3 Å². The van der Waals surface area contributed by atoms with E-state index in [2.05, 4.69) is 0 Å². The van der Waals surface area contributed by atoms with E-state index in [1.807, 2.05) is 12.3 Å². The van der Waals surface area contributed by atoms with E-state index in [1.165, 1.54) is 17.4 Å². The maximum Gasteiger partial charge on any atom is 0.204 e. The van der Waals surface area contributed by atoms with Gasteiger partial charge in [-0.25, -0.2) is 0 Å². The van der Waals surface area contributed by atoms with Crippen molar-refractivity contribution in [2.24, 2.45) is 0 Å². The number of hydrogen-bond acceptors (Lipinski definition) is 5. The number of hydrogen-bond donors (Lipinski definition) is 1. The third-order valence-electron chi connectivity index (χ3n) is 2.41. The van der Waals surface area contributed by atoms with Gasteiger partial charge in [-0.2, -0.15) is 0 Å². The van der Waals surface area contributed by atoms with Gasteiger partial charge in [-0.05, 0) is 12.3 Å². The molecule has 86 valence electrons. The molecule has 16 heavy (non-hydrogen) atoms. The second-order valence-electron chi connectivity index (χ2n) is 3.67. The molecule has 2 heterocycles. The van der Waals surface area contributed by atoms with Crippen molar-refractivity contribution >= 4 is 27.5 Å². The zero-order valence-electron chi connectivity index (χ0n) is 9.19. The number of aryl methyl sites for hydroxylation is 1. The largest absolute Gasteiger partial charge is 0.439 e. The fraction of sp³-hybridized carbons (Fsp3) is 0.364. The van der Waals surface area contributed by atoms with Crippen LogP contribution in [0.3, 0.4) is 0 Å². The molecule has 0 bridgehead atoms. The SMILES string of the molecule is Cc1csc2c(=O)cc(N(C)CCO)oc12. The lowest BCUT2D eigenvalue weighted by Gasteiger charge is -2.15. The van der Waals surface area contributed by atoms with Crippen LogP contribution in [0.15, 0.2) is 20.7 Å². The van der Waals surface area contributed by atoms with Gasteiger partial charge in [0.15, 0.2) is 11.5 Å². The van der Waals surface area contributed by atoms with Crippen molar-refractivity contribution in [3.05, 3.63) is 27.2 Å². The Morgan fingerprint density at radius 3 is 3.00 bits per heavy atom. The van der Waals surface area contributed by atoms with E-state index in [1.54, 1.807) is 11.9 Å². The normalized spacial score (nSPS) is 10.9. The van der Waals surface area contributed by atoms with Gasteiger partial charge in [0.2, 0.25) is 5.43 Å². The van der Waals surface area contributed by atoms with Gasteiger partial charge in [-0.3, -0.25) is 4.79 Å². The molecule has 0 aliphatic carbocycles. The molecule has 0 saturated heterocycles. The molecule has 0 aromatic carbocycles. The number of aliphatic hydroxyl groups is 1. The summed E-state index contributed by atoms with van der Waals surface area (Å²) in [7, 11) is 1.78. The molecule has 0 saturated carbocycles. The van der Waals surface area contributed by atoms with Crippen LogP contribution in [0.4, 0.5) is 5.88 Å². The summed E-state index contributed by atoms with van der Waals surface area (Å²) in [5, 5.41) is 10.7. The quantitative estimate of drug-likeness (QED) is 0.883. The first kappa shape index (κ1) is 11.2. The van der Waals surface area contributed by atoms with Crippen LogP contribution in [0.2, 0.25) is 0 Å². The van der Waals surface area contributed by atoms with Crippen molar-refractivity contribution in [1.82, 2.24) is 0 Å². The molecule has 1 N–H and O–H groups in total. The van der Waals surface area contributed by atoms with Gasteiger partial charge >= 0.3 is 0 Å². The highest BCUT2D eigenvalue weighted by atomic mass is 32.1. The van der Waals surface area contributed by atoms with E-state index in [-0.39, 0.29) is 12.0 Å². The number of likely N-dealkylation sites (N-methyl/N-ethyl adjacent to an activating group) is 1. The Kier molecular flexibility index (Phi) is 2.98. The molecule has 0 spiro atoms. The molecule has 0 radical (unpaired) electrons. The molecule has 2 rings (SSSR count). The zero-order chi connectivity index (χ0) is 11.7. The van der Waals surface area contributed by atoms with Crippen molar-refractivity contribution in [2.75, 3.05) is 25.1 Å². The van der Waals surface area contributed by atoms with Gasteiger partial charge in [-0.1, -0.05) is 0 Å². The summed E-state index contributed by atoms with van der Waals surface area (Å²) in [6.45, 7) is 2.39. The summed E-state index contributed by atoms with van der Waals surface area (Å²) in [6.07, 6.45) is 0. The number of anilines is 1. The number of nitrogens with zero attached hydrogens (tertiary/aromatic N) is 1. The standard InChI is InChI=1S/C11H13NO3S/c1-7-6-16-11-8(14)5-9(15-10(7)11)12(2)3-4-13/h5-6,13H,3-4H2,1-2H3. The Hall–Kier alpha value is -1.33. The molecule has 0 amide bonds. The summed E-state index contributed by atoms with van der Waals surface area (Å²) < 4.78 is 6.30. The first-order chi connectivity index (χ1) is 7.63. The summed E-state index contributed by atoms with van der Waals surface area (Å²) >= 11 is 1.40. The fourth-order valence-electron chi connectivity index (χ4n) is 1.49. The minimum atomic E-state index is -0.0286. The summed E-state index contributed by atoms with van der Waals surface area (Å²) in [5.41, 5.74) is 1.59. The van der Waals surface area contributed by atoms with Crippen LogP contribution in [0, 0.1) is 6.92 Å². The van der Waals surface area contributed by atoms with E-state index < -0.39 is 0 Å². The average Bonchev–Trinajstić information content (AvgIpc) is 2.61. The zero-order valence-corrected chi connectivity index (χ0v) is 10.0. The highest BCUT2D eigenvalue weighted by Crippen LogP contribution is 2.25. The monoisotopic (exact) mass is 239 g/mol. The summed E-state index contributed by atoms with van der Waals surface area (Å²) in [4.78, 5) is 13.5. The summed E-state index contributed by atoms with van der Waals surface area (Å²) in [6, 6.07) is 1.47. The Labute approximate surface area is 96.7 Å². The molecule has 4 nitrogen and oxygen atoms in total. The molecule has 0 fully saturated rings. The van der Waals surface area contributed by atoms with Gasteiger partial charge in [-0.15, -0.1) is 11.3 Å². The van der Waals surface area contributed by atoms with Gasteiger partial charge in [0.25, 0.3) is 0 Å². The molecule has 0 aliphatic heterocycles. The summed E-state index contributed by atoms with van der Waals surface area (Å²) in [5.74, 6) is 0.494. The van der Waals surface area contributed by atoms with E-state index in [4.69, 9.17) is 9.52 Å². The molecule has 2 aromatic heterocycles. The topological polar surface area (TPSA) is 53.7 Å². The van der Waals surface area contributed by atoms with Crippen LogP contribution in [-0.4, -0.2) is 25.3 Å². The lowest BCUT2D eigenvalue weighted by atomic mass is 10.3. The minimum Gasteiger partial charge on any atom is -0.439 e. The van der Waals surface area contributed by atoms with Crippen LogP contribution in [0.5, 0.6) is 0 Å². The van der Waals surface area contributed by atoms with E-state index in [0.29, 0.717) is 22.7 Å². The highest BCUT2D eigenvalue weighted by Gasteiger charge is 2.11. The predicted molar refractivity (Wildman–Crippen MR) is 65.5 cm³/mol. The third kappa shape index (κ3) is 1.83. The third-order valence-corrected chi connectivity index (χ3v) is 3.51. The van der Waals surface area contributed by atoms with Crippen LogP contribution in [-0.2, 0) is 0 Å². The molecule has 0 unspecified atom stereocenters. The molecule has 2 aromatic rings. The minimum absolute atomic E-state index is 0.0286. The van der Waals surface area contributed by atoms with Crippen molar-refractivity contribution in [3.63, 3.8) is 0 Å². The Bertz CT molecular complexity index is 558. The molecular weight excluding hydrogens is 226 g/mol. The van der Waals surface area contributed by atoms with Gasteiger partial charge < -0.3 is 14.4 Å². The first-order valence-electron chi connectivity index (χ1n) is 4.97. The molecule has 5 heteroatoms. The molecule has 0 aliphatic rings. The van der Waals surface area contributed by atoms with E-state index in [0.717, 1.165) is 5.56 Å². The number of aliphatic hydroxyl groups excluding tert-OH is 1. The highest BCUT2D eigenvalue weighted by molar-refractivity contribution is 7.17. The predicted octanol–water partition coefficient (Wildman–Crippen LogP) is 1.59. The number of thiophene rings is 1. The van der Waals surface area contributed by atoms with Gasteiger partial charge in [0, 0.05) is 25.2 Å².